The molecule has 0 spiro atoms. The molecule has 0 fully saturated rings. The van der Waals surface area contributed by atoms with E-state index >= 15 is 0 Å². The first kappa shape index (κ1) is 20.1. The minimum atomic E-state index is -1.69. The predicted molar refractivity (Wildman–Crippen MR) is 101 cm³/mol. The van der Waals surface area contributed by atoms with Crippen LogP contribution in [0.1, 0.15) is 32.1 Å². The number of aromatic nitrogens is 1. The van der Waals surface area contributed by atoms with Crippen molar-refractivity contribution in [1.29, 1.82) is 0 Å². The molecule has 3 aromatic rings. The largest absolute Gasteiger partial charge is 0.347 e. The fourth-order valence-electron chi connectivity index (χ4n) is 2.48. The molecule has 8 heteroatoms. The molecule has 0 unspecified atom stereocenters. The Morgan fingerprint density at radius 3 is 2.21 bits per heavy atom. The van der Waals surface area contributed by atoms with Gasteiger partial charge in [0.25, 0.3) is 11.8 Å². The standard InChI is InChI=1S/C21H16F3N3O2/c1-12-5-7-13(8-6-12)11-25-20(28)16-3-2-4-17(26-16)21(29)27-15-10-9-14(22)18(23)19(15)24/h2-10H,11H2,1H3,(H,25,28)(H,27,29). The number of aryl methyl sites for hydroxylation is 1. The number of carbonyl (C=O) groups is 2. The van der Waals surface area contributed by atoms with Crippen molar-refractivity contribution >= 4 is 17.5 Å². The summed E-state index contributed by atoms with van der Waals surface area (Å²) < 4.78 is 40.0. The highest BCUT2D eigenvalue weighted by Crippen LogP contribution is 2.20. The summed E-state index contributed by atoms with van der Waals surface area (Å²) in [4.78, 5) is 28.5. The van der Waals surface area contributed by atoms with Gasteiger partial charge in [0.15, 0.2) is 17.5 Å². The normalized spacial score (nSPS) is 10.5. The molecule has 5 nitrogen and oxygen atoms in total. The number of amides is 2. The van der Waals surface area contributed by atoms with Crippen LogP contribution in [0.4, 0.5) is 18.9 Å². The summed E-state index contributed by atoms with van der Waals surface area (Å²) in [6, 6.07) is 13.3. The lowest BCUT2D eigenvalue weighted by atomic mass is 10.1. The van der Waals surface area contributed by atoms with E-state index in [1.807, 2.05) is 31.2 Å². The molecule has 2 N–H and O–H groups in total. The molecule has 0 atom stereocenters. The number of pyridine rings is 1. The van der Waals surface area contributed by atoms with Crippen molar-refractivity contribution in [2.45, 2.75) is 13.5 Å². The van der Waals surface area contributed by atoms with Crippen LogP contribution in [-0.2, 0) is 6.54 Å². The Hall–Kier alpha value is -3.68. The number of carbonyl (C=O) groups excluding carboxylic acids is 2. The molecule has 0 bridgehead atoms. The van der Waals surface area contributed by atoms with Gasteiger partial charge < -0.3 is 10.6 Å². The SMILES string of the molecule is Cc1ccc(CNC(=O)c2cccc(C(=O)Nc3ccc(F)c(F)c3F)n2)cc1. The van der Waals surface area contributed by atoms with Crippen LogP contribution < -0.4 is 10.6 Å². The summed E-state index contributed by atoms with van der Waals surface area (Å²) in [5.41, 5.74) is 1.25. The first-order valence-electron chi connectivity index (χ1n) is 8.61. The summed E-state index contributed by atoms with van der Waals surface area (Å²) in [5, 5.41) is 4.80. The van der Waals surface area contributed by atoms with Crippen LogP contribution >= 0.6 is 0 Å². The molecule has 0 aliphatic heterocycles. The van der Waals surface area contributed by atoms with Crippen molar-refractivity contribution < 1.29 is 22.8 Å². The number of anilines is 1. The van der Waals surface area contributed by atoms with Crippen molar-refractivity contribution in [2.24, 2.45) is 0 Å². The van der Waals surface area contributed by atoms with Crippen molar-refractivity contribution in [1.82, 2.24) is 10.3 Å². The second-order valence-corrected chi connectivity index (χ2v) is 6.25. The van der Waals surface area contributed by atoms with Crippen molar-refractivity contribution in [3.8, 4) is 0 Å². The van der Waals surface area contributed by atoms with Crippen LogP contribution in [0.25, 0.3) is 0 Å². The maximum absolute atomic E-state index is 13.7. The first-order chi connectivity index (χ1) is 13.8. The zero-order chi connectivity index (χ0) is 21.0. The van der Waals surface area contributed by atoms with Gasteiger partial charge in [0.1, 0.15) is 11.4 Å². The van der Waals surface area contributed by atoms with Crippen LogP contribution in [-0.4, -0.2) is 16.8 Å². The van der Waals surface area contributed by atoms with E-state index in [0.29, 0.717) is 6.07 Å². The Labute approximate surface area is 164 Å². The van der Waals surface area contributed by atoms with Gasteiger partial charge in [-0.15, -0.1) is 0 Å². The van der Waals surface area contributed by atoms with E-state index in [4.69, 9.17) is 0 Å². The zero-order valence-electron chi connectivity index (χ0n) is 15.3. The average Bonchev–Trinajstić information content (AvgIpc) is 2.73. The fourth-order valence-corrected chi connectivity index (χ4v) is 2.48. The number of benzene rings is 2. The van der Waals surface area contributed by atoms with Gasteiger partial charge in [-0.05, 0) is 36.8 Å². The summed E-state index contributed by atoms with van der Waals surface area (Å²) >= 11 is 0. The second-order valence-electron chi connectivity index (χ2n) is 6.25. The molecule has 3 rings (SSSR count). The third kappa shape index (κ3) is 4.78. The summed E-state index contributed by atoms with van der Waals surface area (Å²) in [6.45, 7) is 2.23. The number of nitrogens with zero attached hydrogens (tertiary/aromatic N) is 1. The summed E-state index contributed by atoms with van der Waals surface area (Å²) in [6.07, 6.45) is 0. The van der Waals surface area contributed by atoms with Gasteiger partial charge in [0.2, 0.25) is 0 Å². The summed E-state index contributed by atoms with van der Waals surface area (Å²) in [7, 11) is 0. The van der Waals surface area contributed by atoms with E-state index in [9.17, 15) is 22.8 Å². The number of halogens is 3. The minimum Gasteiger partial charge on any atom is -0.347 e. The predicted octanol–water partition coefficient (Wildman–Crippen LogP) is 3.99. The topological polar surface area (TPSA) is 71.1 Å². The van der Waals surface area contributed by atoms with Crippen molar-refractivity contribution in [2.75, 3.05) is 5.32 Å². The maximum Gasteiger partial charge on any atom is 0.274 e. The van der Waals surface area contributed by atoms with Gasteiger partial charge in [-0.3, -0.25) is 9.59 Å². The lowest BCUT2D eigenvalue weighted by molar-refractivity contribution is 0.0945. The van der Waals surface area contributed by atoms with E-state index in [1.165, 1.54) is 18.2 Å². The van der Waals surface area contributed by atoms with Crippen LogP contribution in [0.5, 0.6) is 0 Å². The van der Waals surface area contributed by atoms with E-state index in [1.54, 1.807) is 0 Å². The smallest absolute Gasteiger partial charge is 0.274 e. The Balaban J connectivity index is 1.69. The molecule has 0 radical (unpaired) electrons. The Morgan fingerprint density at radius 1 is 0.862 bits per heavy atom. The molecule has 2 aromatic carbocycles. The Bertz CT molecular complexity index is 1070. The molecule has 0 saturated heterocycles. The minimum absolute atomic E-state index is 0.0180. The zero-order valence-corrected chi connectivity index (χ0v) is 15.3. The molecular formula is C21H16F3N3O2. The number of hydrogen-bond acceptors (Lipinski definition) is 3. The molecule has 1 aromatic heterocycles. The molecule has 0 aliphatic carbocycles. The molecule has 148 valence electrons. The Morgan fingerprint density at radius 2 is 1.52 bits per heavy atom. The van der Waals surface area contributed by atoms with Crippen LogP contribution in [0, 0.1) is 24.4 Å². The molecule has 0 saturated carbocycles. The number of nitrogens with one attached hydrogen (secondary N) is 2. The van der Waals surface area contributed by atoms with Gasteiger partial charge in [-0.25, -0.2) is 18.2 Å². The third-order valence-electron chi connectivity index (χ3n) is 4.07. The third-order valence-corrected chi connectivity index (χ3v) is 4.07. The van der Waals surface area contributed by atoms with Crippen molar-refractivity contribution in [3.05, 3.63) is 94.6 Å². The van der Waals surface area contributed by atoms with Gasteiger partial charge in [-0.2, -0.15) is 0 Å². The molecule has 1 heterocycles. The number of hydrogen-bond donors (Lipinski definition) is 2. The quantitative estimate of drug-likeness (QED) is 0.638. The van der Waals surface area contributed by atoms with Gasteiger partial charge in [0.05, 0.1) is 5.69 Å². The first-order valence-corrected chi connectivity index (χ1v) is 8.61. The highest BCUT2D eigenvalue weighted by atomic mass is 19.2. The van der Waals surface area contributed by atoms with E-state index in [-0.39, 0.29) is 17.9 Å². The van der Waals surface area contributed by atoms with Crippen molar-refractivity contribution in [3.63, 3.8) is 0 Å². The molecule has 2 amide bonds. The number of rotatable bonds is 5. The fraction of sp³-hybridized carbons (Fsp3) is 0.0952. The van der Waals surface area contributed by atoms with Gasteiger partial charge in [0, 0.05) is 6.54 Å². The molecule has 29 heavy (non-hydrogen) atoms. The highest BCUT2D eigenvalue weighted by Gasteiger charge is 2.17. The lowest BCUT2D eigenvalue weighted by Gasteiger charge is -2.09. The molecular weight excluding hydrogens is 383 g/mol. The Kier molecular flexibility index (Phi) is 5.92. The average molecular weight is 399 g/mol. The van der Waals surface area contributed by atoms with Gasteiger partial charge in [-0.1, -0.05) is 35.9 Å². The van der Waals surface area contributed by atoms with E-state index < -0.39 is 35.0 Å². The van der Waals surface area contributed by atoms with Crippen LogP contribution in [0.3, 0.4) is 0 Å². The monoisotopic (exact) mass is 399 g/mol. The van der Waals surface area contributed by atoms with E-state index in [2.05, 4.69) is 15.6 Å². The molecule has 0 aliphatic rings. The van der Waals surface area contributed by atoms with Crippen LogP contribution in [0.15, 0.2) is 54.6 Å². The van der Waals surface area contributed by atoms with Gasteiger partial charge >= 0.3 is 0 Å². The maximum atomic E-state index is 13.7. The second kappa shape index (κ2) is 8.55. The highest BCUT2D eigenvalue weighted by molar-refractivity contribution is 6.03. The summed E-state index contributed by atoms with van der Waals surface area (Å²) in [5.74, 6) is -5.96. The lowest BCUT2D eigenvalue weighted by Crippen LogP contribution is -2.25. The van der Waals surface area contributed by atoms with E-state index in [0.717, 1.165) is 17.2 Å². The van der Waals surface area contributed by atoms with Crippen LogP contribution in [0.2, 0.25) is 0 Å².